The molecule has 5 heteroatoms. The summed E-state index contributed by atoms with van der Waals surface area (Å²) in [5, 5.41) is 0. The van der Waals surface area contributed by atoms with Crippen molar-refractivity contribution in [1.82, 2.24) is 0 Å². The zero-order valence-corrected chi connectivity index (χ0v) is 11.4. The molecule has 2 aliphatic rings. The van der Waals surface area contributed by atoms with Gasteiger partial charge in [0.2, 0.25) is 0 Å². The Labute approximate surface area is 107 Å². The largest absolute Gasteiger partial charge is 0.377 e. The van der Waals surface area contributed by atoms with Gasteiger partial charge >= 0.3 is 0 Å². The molecule has 0 aromatic heterocycles. The van der Waals surface area contributed by atoms with Crippen molar-refractivity contribution >= 4 is 19.7 Å². The molecule has 0 aromatic rings. The van der Waals surface area contributed by atoms with Crippen molar-refractivity contribution in [3.05, 3.63) is 23.1 Å². The van der Waals surface area contributed by atoms with E-state index in [9.17, 15) is 8.42 Å². The van der Waals surface area contributed by atoms with Gasteiger partial charge in [0.05, 0.1) is 11.0 Å². The molecule has 96 valence electrons. The van der Waals surface area contributed by atoms with E-state index in [0.717, 1.165) is 19.4 Å². The normalized spacial score (nSPS) is 34.5. The van der Waals surface area contributed by atoms with Gasteiger partial charge in [-0.05, 0) is 31.8 Å². The second-order valence-electron chi connectivity index (χ2n) is 4.94. The molecule has 1 aliphatic heterocycles. The molecule has 1 heterocycles. The summed E-state index contributed by atoms with van der Waals surface area (Å²) in [7, 11) is 1.71. The zero-order valence-electron chi connectivity index (χ0n) is 9.86. The standard InChI is InChI=1S/C12H17ClO3S/c1-12(11-4-2-3-9-16-11)7-5-10(6-8-12)17(13,14)15/h5-7,11H,2-4,8-9H2,1H3/t11-,12?/m1/s1. The Balaban J connectivity index is 2.12. The topological polar surface area (TPSA) is 43.4 Å². The van der Waals surface area contributed by atoms with E-state index in [0.29, 0.717) is 6.42 Å². The van der Waals surface area contributed by atoms with E-state index >= 15 is 0 Å². The van der Waals surface area contributed by atoms with Gasteiger partial charge in [-0.25, -0.2) is 8.42 Å². The van der Waals surface area contributed by atoms with Crippen LogP contribution in [0, 0.1) is 5.41 Å². The van der Waals surface area contributed by atoms with E-state index < -0.39 is 9.05 Å². The summed E-state index contributed by atoms with van der Waals surface area (Å²) >= 11 is 0. The average Bonchev–Trinajstić information content (AvgIpc) is 2.29. The Morgan fingerprint density at radius 3 is 2.71 bits per heavy atom. The minimum atomic E-state index is -3.60. The van der Waals surface area contributed by atoms with Gasteiger partial charge in [-0.3, -0.25) is 0 Å². The molecule has 0 N–H and O–H groups in total. The van der Waals surface area contributed by atoms with E-state index in [-0.39, 0.29) is 16.4 Å². The lowest BCUT2D eigenvalue weighted by Crippen LogP contribution is -2.36. The highest BCUT2D eigenvalue weighted by molar-refractivity contribution is 8.17. The van der Waals surface area contributed by atoms with Crippen molar-refractivity contribution in [3.8, 4) is 0 Å². The van der Waals surface area contributed by atoms with E-state index in [1.165, 1.54) is 6.42 Å². The summed E-state index contributed by atoms with van der Waals surface area (Å²) in [6, 6.07) is 0. The highest BCUT2D eigenvalue weighted by Gasteiger charge is 2.35. The molecule has 3 nitrogen and oxygen atoms in total. The van der Waals surface area contributed by atoms with Crippen LogP contribution in [-0.2, 0) is 13.8 Å². The van der Waals surface area contributed by atoms with Crippen molar-refractivity contribution in [2.45, 2.75) is 38.7 Å². The first-order chi connectivity index (χ1) is 7.92. The van der Waals surface area contributed by atoms with Gasteiger partial charge in [0.25, 0.3) is 9.05 Å². The van der Waals surface area contributed by atoms with Crippen molar-refractivity contribution in [2.75, 3.05) is 6.61 Å². The van der Waals surface area contributed by atoms with Crippen LogP contribution in [0.4, 0.5) is 0 Å². The molecule has 0 saturated carbocycles. The molecular weight excluding hydrogens is 260 g/mol. The maximum absolute atomic E-state index is 11.2. The van der Waals surface area contributed by atoms with Crippen LogP contribution in [0.5, 0.6) is 0 Å². The molecule has 0 bridgehead atoms. The van der Waals surface area contributed by atoms with E-state index in [2.05, 4.69) is 6.92 Å². The molecule has 1 saturated heterocycles. The van der Waals surface area contributed by atoms with Gasteiger partial charge in [-0.15, -0.1) is 0 Å². The van der Waals surface area contributed by atoms with Crippen LogP contribution in [0.3, 0.4) is 0 Å². The lowest BCUT2D eigenvalue weighted by Gasteiger charge is -2.38. The number of hydrogen-bond acceptors (Lipinski definition) is 3. The molecule has 2 atom stereocenters. The molecule has 1 unspecified atom stereocenters. The van der Waals surface area contributed by atoms with Crippen molar-refractivity contribution < 1.29 is 13.2 Å². The van der Waals surface area contributed by atoms with Crippen LogP contribution in [0.1, 0.15) is 32.6 Å². The van der Waals surface area contributed by atoms with Gasteiger partial charge in [0, 0.05) is 22.7 Å². The molecule has 0 spiro atoms. The smallest absolute Gasteiger partial charge is 0.260 e. The molecule has 1 fully saturated rings. The van der Waals surface area contributed by atoms with E-state index in [1.807, 2.05) is 6.08 Å². The molecule has 0 radical (unpaired) electrons. The van der Waals surface area contributed by atoms with Crippen molar-refractivity contribution in [2.24, 2.45) is 5.41 Å². The third-order valence-corrected chi connectivity index (χ3v) is 4.97. The van der Waals surface area contributed by atoms with E-state index in [4.69, 9.17) is 15.4 Å². The van der Waals surface area contributed by atoms with Gasteiger partial charge in [-0.2, -0.15) is 0 Å². The Morgan fingerprint density at radius 2 is 2.24 bits per heavy atom. The minimum Gasteiger partial charge on any atom is -0.377 e. The van der Waals surface area contributed by atoms with Crippen LogP contribution in [0.2, 0.25) is 0 Å². The number of hydrogen-bond donors (Lipinski definition) is 0. The lowest BCUT2D eigenvalue weighted by molar-refractivity contribution is -0.0424. The number of ether oxygens (including phenoxy) is 1. The van der Waals surface area contributed by atoms with Gasteiger partial charge in [-0.1, -0.05) is 19.1 Å². The second kappa shape index (κ2) is 4.75. The summed E-state index contributed by atoms with van der Waals surface area (Å²) in [4.78, 5) is 0.201. The summed E-state index contributed by atoms with van der Waals surface area (Å²) in [6.45, 7) is 2.91. The van der Waals surface area contributed by atoms with Crippen molar-refractivity contribution in [3.63, 3.8) is 0 Å². The first-order valence-electron chi connectivity index (χ1n) is 5.87. The Hall–Kier alpha value is -0.320. The third kappa shape index (κ3) is 2.92. The predicted molar refractivity (Wildman–Crippen MR) is 68.3 cm³/mol. The molecule has 0 amide bonds. The Bertz CT molecular complexity index is 446. The second-order valence-corrected chi connectivity index (χ2v) is 7.51. The number of halogens is 1. The predicted octanol–water partition coefficient (Wildman–Crippen LogP) is 2.97. The summed E-state index contributed by atoms with van der Waals surface area (Å²) in [6.07, 6.45) is 9.41. The molecular formula is C12H17ClO3S. The fourth-order valence-corrected chi connectivity index (χ4v) is 3.27. The highest BCUT2D eigenvalue weighted by atomic mass is 35.7. The molecule has 0 aromatic carbocycles. The maximum Gasteiger partial charge on any atom is 0.260 e. The van der Waals surface area contributed by atoms with Crippen LogP contribution >= 0.6 is 10.7 Å². The van der Waals surface area contributed by atoms with Crippen LogP contribution < -0.4 is 0 Å². The third-order valence-electron chi connectivity index (χ3n) is 3.57. The minimum absolute atomic E-state index is 0.106. The highest BCUT2D eigenvalue weighted by Crippen LogP contribution is 2.39. The summed E-state index contributed by atoms with van der Waals surface area (Å²) in [5.74, 6) is 0. The molecule has 1 aliphatic carbocycles. The summed E-state index contributed by atoms with van der Waals surface area (Å²) in [5.41, 5.74) is -0.106. The Morgan fingerprint density at radius 1 is 1.47 bits per heavy atom. The lowest BCUT2D eigenvalue weighted by atomic mass is 9.76. The number of rotatable bonds is 2. The fourth-order valence-electron chi connectivity index (χ4n) is 2.41. The van der Waals surface area contributed by atoms with Gasteiger partial charge in [0.1, 0.15) is 0 Å². The van der Waals surface area contributed by atoms with Gasteiger partial charge in [0.15, 0.2) is 0 Å². The SMILES string of the molecule is CC1([C@H]2CCCCO2)C=CC(S(=O)(=O)Cl)=CC1. The van der Waals surface area contributed by atoms with Crippen LogP contribution in [-0.4, -0.2) is 21.1 Å². The van der Waals surface area contributed by atoms with E-state index in [1.54, 1.807) is 12.2 Å². The fraction of sp³-hybridized carbons (Fsp3) is 0.667. The summed E-state index contributed by atoms with van der Waals surface area (Å²) < 4.78 is 28.2. The number of allylic oxidation sites excluding steroid dienone is 2. The molecule has 17 heavy (non-hydrogen) atoms. The quantitative estimate of drug-likeness (QED) is 0.728. The monoisotopic (exact) mass is 276 g/mol. The van der Waals surface area contributed by atoms with Crippen LogP contribution in [0.25, 0.3) is 0 Å². The zero-order chi connectivity index (χ0) is 12.5. The molecule has 2 rings (SSSR count). The van der Waals surface area contributed by atoms with Crippen molar-refractivity contribution in [1.29, 1.82) is 0 Å². The van der Waals surface area contributed by atoms with Gasteiger partial charge < -0.3 is 4.74 Å². The maximum atomic E-state index is 11.2. The Kier molecular flexibility index (Phi) is 3.66. The van der Waals surface area contributed by atoms with Crippen LogP contribution in [0.15, 0.2) is 23.1 Å². The average molecular weight is 277 g/mol. The first-order valence-corrected chi connectivity index (χ1v) is 8.18. The first kappa shape index (κ1) is 13.1.